The molecule has 1 aliphatic carbocycles. The Morgan fingerprint density at radius 1 is 1.07 bits per heavy atom. The van der Waals surface area contributed by atoms with E-state index in [9.17, 15) is 4.79 Å². The van der Waals surface area contributed by atoms with Crippen LogP contribution in [0, 0.1) is 5.92 Å². The van der Waals surface area contributed by atoms with Gasteiger partial charge in [0, 0.05) is 33.9 Å². The van der Waals surface area contributed by atoms with E-state index in [1.807, 2.05) is 59.4 Å². The van der Waals surface area contributed by atoms with Crippen LogP contribution >= 0.6 is 23.1 Å². The molecule has 1 heterocycles. The minimum absolute atomic E-state index is 0.0851. The lowest BCUT2D eigenvalue weighted by molar-refractivity contribution is 0.102. The summed E-state index contributed by atoms with van der Waals surface area (Å²) in [4.78, 5) is 18.1. The Hall–Kier alpha value is -2.31. The molecule has 1 aliphatic rings. The molecule has 4 rings (SSSR count). The zero-order valence-corrected chi connectivity index (χ0v) is 17.9. The van der Waals surface area contributed by atoms with Crippen molar-refractivity contribution in [2.24, 2.45) is 5.92 Å². The summed E-state index contributed by atoms with van der Waals surface area (Å²) in [5, 5.41) is 8.58. The highest BCUT2D eigenvalue weighted by atomic mass is 32.2. The van der Waals surface area contributed by atoms with E-state index in [0.29, 0.717) is 5.56 Å². The molecular formula is C23H25N3OS2. The average molecular weight is 424 g/mol. The van der Waals surface area contributed by atoms with E-state index in [4.69, 9.17) is 0 Å². The van der Waals surface area contributed by atoms with E-state index in [1.165, 1.54) is 25.7 Å². The quantitative estimate of drug-likeness (QED) is 0.418. The highest BCUT2D eigenvalue weighted by Gasteiger charge is 2.15. The van der Waals surface area contributed by atoms with Crippen LogP contribution in [-0.4, -0.2) is 17.4 Å². The van der Waals surface area contributed by atoms with Gasteiger partial charge in [-0.2, -0.15) is 0 Å². The van der Waals surface area contributed by atoms with Crippen LogP contribution in [0.3, 0.4) is 0 Å². The fourth-order valence-corrected chi connectivity index (χ4v) is 5.20. The molecule has 0 bridgehead atoms. The molecule has 4 nitrogen and oxygen atoms in total. The molecule has 1 aromatic heterocycles. The Morgan fingerprint density at radius 2 is 1.83 bits per heavy atom. The van der Waals surface area contributed by atoms with Gasteiger partial charge in [0.05, 0.1) is 16.8 Å². The van der Waals surface area contributed by atoms with Crippen molar-refractivity contribution in [1.82, 2.24) is 4.98 Å². The molecule has 0 spiro atoms. The maximum atomic E-state index is 12.8. The van der Waals surface area contributed by atoms with E-state index < -0.39 is 0 Å². The number of benzene rings is 2. The van der Waals surface area contributed by atoms with E-state index in [2.05, 4.69) is 15.6 Å². The number of thiazole rings is 1. The predicted molar refractivity (Wildman–Crippen MR) is 123 cm³/mol. The summed E-state index contributed by atoms with van der Waals surface area (Å²) in [7, 11) is 0. The first-order valence-corrected chi connectivity index (χ1v) is 11.9. The Bertz CT molecular complexity index is 920. The van der Waals surface area contributed by atoms with Crippen molar-refractivity contribution in [2.75, 3.05) is 17.2 Å². The van der Waals surface area contributed by atoms with Crippen LogP contribution in [0.5, 0.6) is 0 Å². The van der Waals surface area contributed by atoms with Crippen LogP contribution in [-0.2, 0) is 5.75 Å². The Balaban J connectivity index is 1.35. The van der Waals surface area contributed by atoms with Crippen molar-refractivity contribution < 1.29 is 4.79 Å². The summed E-state index contributed by atoms with van der Waals surface area (Å²) >= 11 is 3.23. The molecule has 0 saturated heterocycles. The third kappa shape index (κ3) is 5.61. The fourth-order valence-electron chi connectivity index (χ4n) is 3.59. The number of rotatable bonds is 8. The maximum Gasteiger partial charge on any atom is 0.256 e. The zero-order valence-electron chi connectivity index (χ0n) is 16.3. The second-order valence-corrected chi connectivity index (χ2v) is 9.06. The fraction of sp³-hybridized carbons (Fsp3) is 0.304. The second-order valence-electron chi connectivity index (χ2n) is 7.33. The van der Waals surface area contributed by atoms with Crippen LogP contribution in [0.15, 0.2) is 64.3 Å². The molecule has 0 atom stereocenters. The van der Waals surface area contributed by atoms with Crippen molar-refractivity contribution in [3.05, 3.63) is 70.7 Å². The van der Waals surface area contributed by atoms with E-state index >= 15 is 0 Å². The highest BCUT2D eigenvalue weighted by Crippen LogP contribution is 2.28. The van der Waals surface area contributed by atoms with Gasteiger partial charge in [0.15, 0.2) is 0 Å². The number of aromatic nitrogens is 1. The first-order valence-electron chi connectivity index (χ1n) is 10.0. The maximum absolute atomic E-state index is 12.8. The van der Waals surface area contributed by atoms with Gasteiger partial charge in [-0.25, -0.2) is 4.98 Å². The number of carbonyl (C=O) groups is 1. The van der Waals surface area contributed by atoms with Crippen LogP contribution in [0.2, 0.25) is 0 Å². The lowest BCUT2D eigenvalue weighted by Crippen LogP contribution is -2.13. The summed E-state index contributed by atoms with van der Waals surface area (Å²) in [6.07, 6.45) is 5.39. The van der Waals surface area contributed by atoms with Gasteiger partial charge in [-0.1, -0.05) is 25.0 Å². The smallest absolute Gasteiger partial charge is 0.256 e. The molecule has 1 saturated carbocycles. The Morgan fingerprint density at radius 3 is 2.59 bits per heavy atom. The zero-order chi connectivity index (χ0) is 19.9. The van der Waals surface area contributed by atoms with Gasteiger partial charge in [0.25, 0.3) is 5.91 Å². The van der Waals surface area contributed by atoms with Crippen molar-refractivity contribution >= 4 is 40.4 Å². The van der Waals surface area contributed by atoms with Crippen LogP contribution in [0.1, 0.15) is 41.7 Å². The molecule has 0 unspecified atom stereocenters. The molecule has 29 heavy (non-hydrogen) atoms. The lowest BCUT2D eigenvalue weighted by atomic mass is 10.1. The summed E-state index contributed by atoms with van der Waals surface area (Å²) in [5.74, 6) is 1.47. The van der Waals surface area contributed by atoms with Crippen molar-refractivity contribution in [2.45, 2.75) is 36.3 Å². The first-order chi connectivity index (χ1) is 14.3. The van der Waals surface area contributed by atoms with Gasteiger partial charge >= 0.3 is 0 Å². The molecule has 0 radical (unpaired) electrons. The number of hydrogen-bond acceptors (Lipinski definition) is 5. The SMILES string of the molecule is O=C(Nc1ccc(NCC2CCCC2)cc1)c1ccccc1SCc1cscn1. The molecular weight excluding hydrogens is 398 g/mol. The third-order valence-corrected chi connectivity index (χ3v) is 6.95. The van der Waals surface area contributed by atoms with Crippen molar-refractivity contribution in [3.8, 4) is 0 Å². The molecule has 3 aromatic rings. The van der Waals surface area contributed by atoms with E-state index in [-0.39, 0.29) is 5.91 Å². The standard InChI is InChI=1S/C23H25N3OS2/c27-23(21-7-3-4-8-22(21)29-15-20-14-28-16-25-20)26-19-11-9-18(10-12-19)24-13-17-5-1-2-6-17/h3-4,7-12,14,16-17,24H,1-2,5-6,13,15H2,(H,26,27). The molecule has 0 aliphatic heterocycles. The Kier molecular flexibility index (Phi) is 6.85. The van der Waals surface area contributed by atoms with Gasteiger partial charge in [-0.3, -0.25) is 4.79 Å². The van der Waals surface area contributed by atoms with Gasteiger partial charge in [-0.05, 0) is 55.2 Å². The summed E-state index contributed by atoms with van der Waals surface area (Å²) in [6.45, 7) is 1.04. The van der Waals surface area contributed by atoms with Crippen LogP contribution in [0.4, 0.5) is 11.4 Å². The van der Waals surface area contributed by atoms with E-state index in [0.717, 1.165) is 40.2 Å². The largest absolute Gasteiger partial charge is 0.385 e. The number of hydrogen-bond donors (Lipinski definition) is 2. The predicted octanol–water partition coefficient (Wildman–Crippen LogP) is 6.29. The minimum atomic E-state index is -0.0851. The normalized spacial score (nSPS) is 14.1. The molecule has 2 aromatic carbocycles. The number of anilines is 2. The van der Waals surface area contributed by atoms with Gasteiger partial charge in [-0.15, -0.1) is 23.1 Å². The molecule has 2 N–H and O–H groups in total. The number of amides is 1. The molecule has 6 heteroatoms. The Labute approximate surface area is 180 Å². The number of nitrogens with zero attached hydrogens (tertiary/aromatic N) is 1. The molecule has 1 fully saturated rings. The number of nitrogens with one attached hydrogen (secondary N) is 2. The summed E-state index contributed by atoms with van der Waals surface area (Å²) in [6, 6.07) is 15.7. The number of thioether (sulfide) groups is 1. The van der Waals surface area contributed by atoms with Gasteiger partial charge in [0.2, 0.25) is 0 Å². The number of carbonyl (C=O) groups excluding carboxylic acids is 1. The van der Waals surface area contributed by atoms with Crippen molar-refractivity contribution in [3.63, 3.8) is 0 Å². The minimum Gasteiger partial charge on any atom is -0.385 e. The third-order valence-electron chi connectivity index (χ3n) is 5.20. The highest BCUT2D eigenvalue weighted by molar-refractivity contribution is 7.98. The van der Waals surface area contributed by atoms with Crippen LogP contribution in [0.25, 0.3) is 0 Å². The van der Waals surface area contributed by atoms with Gasteiger partial charge in [0.1, 0.15) is 0 Å². The average Bonchev–Trinajstić information content (AvgIpc) is 3.46. The summed E-state index contributed by atoms with van der Waals surface area (Å²) in [5.41, 5.74) is 5.47. The van der Waals surface area contributed by atoms with Crippen molar-refractivity contribution in [1.29, 1.82) is 0 Å². The van der Waals surface area contributed by atoms with Crippen LogP contribution < -0.4 is 10.6 Å². The molecule has 1 amide bonds. The molecule has 150 valence electrons. The van der Waals surface area contributed by atoms with E-state index in [1.54, 1.807) is 23.1 Å². The second kappa shape index (κ2) is 9.94. The topological polar surface area (TPSA) is 54.0 Å². The summed E-state index contributed by atoms with van der Waals surface area (Å²) < 4.78 is 0. The van der Waals surface area contributed by atoms with Gasteiger partial charge < -0.3 is 10.6 Å². The lowest BCUT2D eigenvalue weighted by Gasteiger charge is -2.13. The first kappa shape index (κ1) is 20.0. The monoisotopic (exact) mass is 423 g/mol.